The normalized spacial score (nSPS) is 11.0. The van der Waals surface area contributed by atoms with Crippen LogP contribution in [0, 0.1) is 0 Å². The molecule has 23 heavy (non-hydrogen) atoms. The van der Waals surface area contributed by atoms with E-state index in [9.17, 15) is 4.79 Å². The third kappa shape index (κ3) is 3.13. The van der Waals surface area contributed by atoms with Crippen molar-refractivity contribution in [3.05, 3.63) is 46.4 Å². The molecule has 1 N–H and O–H groups in total. The molecule has 120 valence electrons. The third-order valence-electron chi connectivity index (χ3n) is 3.63. The van der Waals surface area contributed by atoms with Crippen molar-refractivity contribution >= 4 is 22.8 Å². The summed E-state index contributed by atoms with van der Waals surface area (Å²) in [5, 5.41) is 6.01. The second-order valence-electron chi connectivity index (χ2n) is 5.13. The lowest BCUT2D eigenvalue weighted by Crippen LogP contribution is -2.26. The number of methoxy groups -OCH3 is 1. The van der Waals surface area contributed by atoms with Crippen molar-refractivity contribution < 1.29 is 9.53 Å². The fourth-order valence-corrected chi connectivity index (χ4v) is 3.22. The first kappa shape index (κ1) is 15.7. The Bertz CT molecular complexity index is 822. The molecular weight excluding hydrogens is 310 g/mol. The molecule has 0 bridgehead atoms. The van der Waals surface area contributed by atoms with Gasteiger partial charge in [-0.2, -0.15) is 0 Å². The number of hydrogen-bond acceptors (Lipinski definition) is 4. The molecule has 1 amide bonds. The van der Waals surface area contributed by atoms with Crippen LogP contribution in [0.2, 0.25) is 0 Å². The van der Waals surface area contributed by atoms with Gasteiger partial charge in [0.1, 0.15) is 0 Å². The van der Waals surface area contributed by atoms with Gasteiger partial charge >= 0.3 is 0 Å². The van der Waals surface area contributed by atoms with E-state index in [1.165, 1.54) is 0 Å². The van der Waals surface area contributed by atoms with E-state index in [2.05, 4.69) is 17.2 Å². The molecule has 3 aromatic heterocycles. The van der Waals surface area contributed by atoms with E-state index in [1.54, 1.807) is 18.4 Å². The Kier molecular flexibility index (Phi) is 4.73. The molecule has 5 nitrogen and oxygen atoms in total. The second kappa shape index (κ2) is 6.93. The Morgan fingerprint density at radius 3 is 3.04 bits per heavy atom. The van der Waals surface area contributed by atoms with Crippen molar-refractivity contribution in [2.24, 2.45) is 0 Å². The van der Waals surface area contributed by atoms with Gasteiger partial charge in [0.15, 0.2) is 0 Å². The molecule has 0 fully saturated rings. The summed E-state index contributed by atoms with van der Waals surface area (Å²) >= 11 is 1.65. The number of ether oxygens (including phenoxy) is 1. The monoisotopic (exact) mass is 329 g/mol. The Hall–Kier alpha value is -2.18. The van der Waals surface area contributed by atoms with E-state index in [0.29, 0.717) is 18.7 Å². The minimum absolute atomic E-state index is 0.0945. The molecule has 3 rings (SSSR count). The number of thiazole rings is 1. The number of amides is 1. The zero-order chi connectivity index (χ0) is 16.2. The minimum Gasteiger partial charge on any atom is -0.383 e. The first-order valence-electron chi connectivity index (χ1n) is 7.56. The number of pyridine rings is 1. The molecule has 0 spiro atoms. The summed E-state index contributed by atoms with van der Waals surface area (Å²) in [5.74, 6) is -0.0945. The number of rotatable bonds is 6. The van der Waals surface area contributed by atoms with Gasteiger partial charge in [-0.15, -0.1) is 11.3 Å². The van der Waals surface area contributed by atoms with E-state index >= 15 is 0 Å². The summed E-state index contributed by atoms with van der Waals surface area (Å²) in [5.41, 5.74) is 3.38. The van der Waals surface area contributed by atoms with Gasteiger partial charge in [0.05, 0.1) is 34.1 Å². The fraction of sp³-hybridized carbons (Fsp3) is 0.294. The average molecular weight is 329 g/mol. The molecule has 0 aromatic carbocycles. The van der Waals surface area contributed by atoms with Crippen LogP contribution >= 0.6 is 11.3 Å². The molecular formula is C17H19N3O2S. The van der Waals surface area contributed by atoms with Crippen LogP contribution in [0.25, 0.3) is 16.9 Å². The molecule has 0 saturated carbocycles. The molecule has 3 heterocycles. The first-order valence-corrected chi connectivity index (χ1v) is 8.44. The standard InChI is InChI=1S/C17H19N3O2S/c1-3-16-19-13(11-23-16)15-10-12(17(21)18-7-9-22-2)14-6-4-5-8-20(14)15/h4-6,8,10-11H,3,7,9H2,1-2H3,(H,18,21). The van der Waals surface area contributed by atoms with Crippen LogP contribution in [0.1, 0.15) is 22.3 Å². The maximum absolute atomic E-state index is 12.4. The molecule has 6 heteroatoms. The predicted molar refractivity (Wildman–Crippen MR) is 92.1 cm³/mol. The number of nitrogens with zero attached hydrogens (tertiary/aromatic N) is 2. The second-order valence-corrected chi connectivity index (χ2v) is 6.07. The van der Waals surface area contributed by atoms with E-state index < -0.39 is 0 Å². The van der Waals surface area contributed by atoms with Crippen molar-refractivity contribution in [1.29, 1.82) is 0 Å². The summed E-state index contributed by atoms with van der Waals surface area (Å²) in [6, 6.07) is 7.74. The zero-order valence-corrected chi connectivity index (χ0v) is 14.0. The van der Waals surface area contributed by atoms with Gasteiger partial charge < -0.3 is 14.5 Å². The number of fused-ring (bicyclic) bond motifs is 1. The van der Waals surface area contributed by atoms with E-state index in [0.717, 1.165) is 28.3 Å². The Morgan fingerprint density at radius 2 is 2.30 bits per heavy atom. The Balaban J connectivity index is 2.01. The topological polar surface area (TPSA) is 55.6 Å². The van der Waals surface area contributed by atoms with E-state index in [4.69, 9.17) is 4.74 Å². The predicted octanol–water partition coefficient (Wildman–Crippen LogP) is 3.00. The smallest absolute Gasteiger partial charge is 0.253 e. The van der Waals surface area contributed by atoms with Crippen molar-refractivity contribution in [2.45, 2.75) is 13.3 Å². The largest absolute Gasteiger partial charge is 0.383 e. The lowest BCUT2D eigenvalue weighted by molar-refractivity contribution is 0.0939. The van der Waals surface area contributed by atoms with Crippen LogP contribution in [-0.4, -0.2) is 35.6 Å². The van der Waals surface area contributed by atoms with Gasteiger partial charge in [0, 0.05) is 25.2 Å². The van der Waals surface area contributed by atoms with Crippen LogP contribution in [0.5, 0.6) is 0 Å². The molecule has 0 aliphatic heterocycles. The first-order chi connectivity index (χ1) is 11.2. The maximum Gasteiger partial charge on any atom is 0.253 e. The van der Waals surface area contributed by atoms with Gasteiger partial charge in [0.2, 0.25) is 0 Å². The maximum atomic E-state index is 12.4. The SMILES string of the molecule is CCc1nc(-c2cc(C(=O)NCCOC)c3ccccn23)cs1. The number of nitrogens with one attached hydrogen (secondary N) is 1. The van der Waals surface area contributed by atoms with Gasteiger partial charge in [0.25, 0.3) is 5.91 Å². The van der Waals surface area contributed by atoms with E-state index in [-0.39, 0.29) is 5.91 Å². The van der Waals surface area contributed by atoms with Crippen molar-refractivity contribution in [2.75, 3.05) is 20.3 Å². The van der Waals surface area contributed by atoms with Gasteiger partial charge in [-0.3, -0.25) is 4.79 Å². The fourth-order valence-electron chi connectivity index (χ4n) is 2.48. The minimum atomic E-state index is -0.0945. The summed E-state index contributed by atoms with van der Waals surface area (Å²) < 4.78 is 6.99. The van der Waals surface area contributed by atoms with Gasteiger partial charge in [-0.05, 0) is 24.6 Å². The van der Waals surface area contributed by atoms with Crippen LogP contribution in [0.4, 0.5) is 0 Å². The molecule has 0 unspecified atom stereocenters. The number of carbonyl (C=O) groups is 1. The van der Waals surface area contributed by atoms with Crippen LogP contribution in [0.3, 0.4) is 0 Å². The number of aryl methyl sites for hydroxylation is 1. The summed E-state index contributed by atoms with van der Waals surface area (Å²) in [7, 11) is 1.62. The number of aromatic nitrogens is 2. The lowest BCUT2D eigenvalue weighted by Gasteiger charge is -2.03. The highest BCUT2D eigenvalue weighted by Gasteiger charge is 2.17. The molecule has 0 atom stereocenters. The lowest BCUT2D eigenvalue weighted by atomic mass is 10.2. The highest BCUT2D eigenvalue weighted by atomic mass is 32.1. The molecule has 3 aromatic rings. The van der Waals surface area contributed by atoms with Crippen molar-refractivity contribution in [1.82, 2.24) is 14.7 Å². The Labute approximate surface area is 138 Å². The highest BCUT2D eigenvalue weighted by Crippen LogP contribution is 2.27. The molecule has 0 saturated heterocycles. The number of hydrogen-bond donors (Lipinski definition) is 1. The van der Waals surface area contributed by atoms with Crippen LogP contribution in [0.15, 0.2) is 35.8 Å². The number of carbonyl (C=O) groups excluding carboxylic acids is 1. The van der Waals surface area contributed by atoms with Crippen LogP contribution < -0.4 is 5.32 Å². The summed E-state index contributed by atoms with van der Waals surface area (Å²) in [6.07, 6.45) is 2.87. The molecule has 0 aliphatic rings. The van der Waals surface area contributed by atoms with Crippen molar-refractivity contribution in [3.63, 3.8) is 0 Å². The molecule has 0 radical (unpaired) electrons. The average Bonchev–Trinajstić information content (AvgIpc) is 3.19. The van der Waals surface area contributed by atoms with Gasteiger partial charge in [-0.25, -0.2) is 4.98 Å². The summed E-state index contributed by atoms with van der Waals surface area (Å²) in [4.78, 5) is 17.1. The van der Waals surface area contributed by atoms with Crippen molar-refractivity contribution in [3.8, 4) is 11.4 Å². The van der Waals surface area contributed by atoms with Crippen LogP contribution in [-0.2, 0) is 11.2 Å². The zero-order valence-electron chi connectivity index (χ0n) is 13.2. The van der Waals surface area contributed by atoms with Gasteiger partial charge in [-0.1, -0.05) is 13.0 Å². The van der Waals surface area contributed by atoms with E-state index in [1.807, 2.05) is 40.2 Å². The highest BCUT2D eigenvalue weighted by molar-refractivity contribution is 7.09. The quantitative estimate of drug-likeness (QED) is 0.707. The summed E-state index contributed by atoms with van der Waals surface area (Å²) in [6.45, 7) is 3.08. The molecule has 0 aliphatic carbocycles. The third-order valence-corrected chi connectivity index (χ3v) is 4.62. The Morgan fingerprint density at radius 1 is 1.43 bits per heavy atom.